The predicted octanol–water partition coefficient (Wildman–Crippen LogP) is 1.90. The number of Topliss-reactive ketones (excluding diaryl/α,β-unsaturated/α-hetero) is 1. The number of carbonyl (C=O) groups is 1. The Labute approximate surface area is 99.6 Å². The predicted molar refractivity (Wildman–Crippen MR) is 61.8 cm³/mol. The van der Waals surface area contributed by atoms with Crippen molar-refractivity contribution < 1.29 is 24.5 Å². The van der Waals surface area contributed by atoms with E-state index < -0.39 is 0 Å². The molecule has 0 saturated heterocycles. The molecular formula is C12H16O5. The molecule has 5 heteroatoms. The van der Waals surface area contributed by atoms with Crippen LogP contribution in [0.4, 0.5) is 0 Å². The van der Waals surface area contributed by atoms with Gasteiger partial charge in [-0.25, -0.2) is 0 Å². The van der Waals surface area contributed by atoms with Gasteiger partial charge in [0.2, 0.25) is 0 Å². The minimum atomic E-state index is -0.334. The Morgan fingerprint density at radius 1 is 1.18 bits per heavy atom. The molecule has 0 radical (unpaired) electrons. The highest BCUT2D eigenvalue weighted by molar-refractivity contribution is 6.01. The van der Waals surface area contributed by atoms with Gasteiger partial charge in [-0.2, -0.15) is 0 Å². The molecule has 0 heterocycles. The fourth-order valence-electron chi connectivity index (χ4n) is 1.61. The zero-order valence-electron chi connectivity index (χ0n) is 10.3. The van der Waals surface area contributed by atoms with Crippen molar-refractivity contribution in [2.24, 2.45) is 0 Å². The first kappa shape index (κ1) is 13.3. The van der Waals surface area contributed by atoms with Gasteiger partial charge in [-0.15, -0.1) is 0 Å². The molecule has 94 valence electrons. The second-order valence-electron chi connectivity index (χ2n) is 3.76. The average Bonchev–Trinajstić information content (AvgIpc) is 2.28. The van der Waals surface area contributed by atoms with Gasteiger partial charge in [0.1, 0.15) is 22.8 Å². The molecule has 0 aromatic heterocycles. The Balaban J connectivity index is 3.48. The molecule has 0 aliphatic heterocycles. The molecule has 1 aromatic rings. The molecule has 0 aliphatic rings. The number of rotatable bonds is 4. The van der Waals surface area contributed by atoms with Crippen LogP contribution in [0.2, 0.25) is 0 Å². The van der Waals surface area contributed by atoms with Crippen molar-refractivity contribution in [1.82, 2.24) is 0 Å². The summed E-state index contributed by atoms with van der Waals surface area (Å²) in [7, 11) is 1.44. The van der Waals surface area contributed by atoms with Crippen molar-refractivity contribution in [2.75, 3.05) is 13.9 Å². The lowest BCUT2D eigenvalue weighted by Crippen LogP contribution is -2.07. The number of hydrogen-bond acceptors (Lipinski definition) is 5. The summed E-state index contributed by atoms with van der Waals surface area (Å²) >= 11 is 0. The van der Waals surface area contributed by atoms with E-state index in [2.05, 4.69) is 0 Å². The van der Waals surface area contributed by atoms with Crippen LogP contribution in [0.25, 0.3) is 0 Å². The summed E-state index contributed by atoms with van der Waals surface area (Å²) in [5.74, 6) is -0.523. The van der Waals surface area contributed by atoms with E-state index in [0.717, 1.165) is 0 Å². The van der Waals surface area contributed by atoms with Gasteiger partial charge in [0.05, 0.1) is 0 Å². The summed E-state index contributed by atoms with van der Waals surface area (Å²) in [5.41, 5.74) is 0.731. The summed E-state index contributed by atoms with van der Waals surface area (Å²) < 4.78 is 9.98. The van der Waals surface area contributed by atoms with E-state index >= 15 is 0 Å². The van der Waals surface area contributed by atoms with E-state index in [9.17, 15) is 15.0 Å². The summed E-state index contributed by atoms with van der Waals surface area (Å²) in [5, 5.41) is 19.6. The van der Waals surface area contributed by atoms with E-state index in [4.69, 9.17) is 9.47 Å². The topological polar surface area (TPSA) is 76.0 Å². The monoisotopic (exact) mass is 240 g/mol. The third-order valence-electron chi connectivity index (χ3n) is 2.54. The summed E-state index contributed by atoms with van der Waals surface area (Å²) in [4.78, 5) is 11.5. The fourth-order valence-corrected chi connectivity index (χ4v) is 1.61. The fraction of sp³-hybridized carbons (Fsp3) is 0.417. The molecule has 0 fully saturated rings. The lowest BCUT2D eigenvalue weighted by Gasteiger charge is -2.16. The number of ether oxygens (including phenoxy) is 2. The van der Waals surface area contributed by atoms with Gasteiger partial charge >= 0.3 is 0 Å². The highest BCUT2D eigenvalue weighted by Gasteiger charge is 2.23. The summed E-state index contributed by atoms with van der Waals surface area (Å²) in [6.45, 7) is 4.40. The third-order valence-corrected chi connectivity index (χ3v) is 2.54. The largest absolute Gasteiger partial charge is 0.507 e. The van der Waals surface area contributed by atoms with Gasteiger partial charge in [-0.05, 0) is 20.8 Å². The first-order valence-corrected chi connectivity index (χ1v) is 5.09. The Morgan fingerprint density at radius 3 is 2.24 bits per heavy atom. The molecule has 1 aromatic carbocycles. The van der Waals surface area contributed by atoms with Crippen LogP contribution in [0, 0.1) is 13.8 Å². The van der Waals surface area contributed by atoms with Crippen molar-refractivity contribution in [2.45, 2.75) is 20.8 Å². The van der Waals surface area contributed by atoms with E-state index in [1.807, 2.05) is 0 Å². The molecule has 0 saturated carbocycles. The van der Waals surface area contributed by atoms with E-state index in [1.165, 1.54) is 21.0 Å². The van der Waals surface area contributed by atoms with Crippen LogP contribution in [0.1, 0.15) is 28.4 Å². The number of phenolic OH excluding ortho intramolecular Hbond substituents is 2. The number of carbonyl (C=O) groups excluding carboxylic acids is 1. The van der Waals surface area contributed by atoms with Crippen LogP contribution in [0.3, 0.4) is 0 Å². The minimum Gasteiger partial charge on any atom is -0.507 e. The smallest absolute Gasteiger partial charge is 0.188 e. The molecule has 0 amide bonds. The number of hydrogen-bond donors (Lipinski definition) is 2. The molecule has 0 atom stereocenters. The second kappa shape index (κ2) is 5.05. The van der Waals surface area contributed by atoms with E-state index in [0.29, 0.717) is 5.56 Å². The Kier molecular flexibility index (Phi) is 3.96. The molecule has 0 spiro atoms. The highest BCUT2D eigenvalue weighted by Crippen LogP contribution is 2.41. The van der Waals surface area contributed by atoms with Gasteiger partial charge in [-0.1, -0.05) is 0 Å². The van der Waals surface area contributed by atoms with Crippen LogP contribution in [-0.2, 0) is 4.74 Å². The molecule has 0 unspecified atom stereocenters. The van der Waals surface area contributed by atoms with Crippen LogP contribution in [-0.4, -0.2) is 29.9 Å². The van der Waals surface area contributed by atoms with E-state index in [-0.39, 0.29) is 41.0 Å². The number of phenols is 2. The SMILES string of the molecule is COCOc1c(C)c(O)c(C)c(O)c1C(C)=O. The molecule has 0 aliphatic carbocycles. The van der Waals surface area contributed by atoms with Crippen molar-refractivity contribution in [3.05, 3.63) is 16.7 Å². The maximum Gasteiger partial charge on any atom is 0.188 e. The van der Waals surface area contributed by atoms with Crippen molar-refractivity contribution in [1.29, 1.82) is 0 Å². The van der Waals surface area contributed by atoms with Gasteiger partial charge in [0, 0.05) is 18.2 Å². The van der Waals surface area contributed by atoms with Crippen molar-refractivity contribution in [3.8, 4) is 17.2 Å². The number of aromatic hydroxyl groups is 2. The Morgan fingerprint density at radius 2 is 1.76 bits per heavy atom. The van der Waals surface area contributed by atoms with Gasteiger partial charge in [0.25, 0.3) is 0 Å². The number of benzene rings is 1. The zero-order chi connectivity index (χ0) is 13.2. The van der Waals surface area contributed by atoms with Gasteiger partial charge in [0.15, 0.2) is 12.6 Å². The molecule has 5 nitrogen and oxygen atoms in total. The number of ketones is 1. The summed E-state index contributed by atoms with van der Waals surface area (Å²) in [6.07, 6.45) is 0. The van der Waals surface area contributed by atoms with Crippen molar-refractivity contribution >= 4 is 5.78 Å². The van der Waals surface area contributed by atoms with E-state index in [1.54, 1.807) is 6.92 Å². The first-order chi connectivity index (χ1) is 7.91. The molecular weight excluding hydrogens is 224 g/mol. The van der Waals surface area contributed by atoms with Crippen molar-refractivity contribution in [3.63, 3.8) is 0 Å². The van der Waals surface area contributed by atoms with Gasteiger partial charge in [-0.3, -0.25) is 4.79 Å². The summed E-state index contributed by atoms with van der Waals surface area (Å²) in [6, 6.07) is 0. The number of methoxy groups -OCH3 is 1. The maximum absolute atomic E-state index is 11.5. The second-order valence-corrected chi connectivity index (χ2v) is 3.76. The first-order valence-electron chi connectivity index (χ1n) is 5.09. The molecule has 0 bridgehead atoms. The molecule has 1 rings (SSSR count). The third kappa shape index (κ3) is 2.34. The molecule has 17 heavy (non-hydrogen) atoms. The minimum absolute atomic E-state index is 0.0647. The lowest BCUT2D eigenvalue weighted by atomic mass is 10.00. The average molecular weight is 240 g/mol. The van der Waals surface area contributed by atoms with Crippen LogP contribution in [0.5, 0.6) is 17.2 Å². The lowest BCUT2D eigenvalue weighted by molar-refractivity contribution is 0.0494. The highest BCUT2D eigenvalue weighted by atomic mass is 16.7. The standard InChI is InChI=1S/C12H16O5/c1-6-10(14)7(2)12(17-5-16-4)9(8(3)13)11(6)15/h14-15H,5H2,1-4H3. The Hall–Kier alpha value is -1.75. The molecule has 2 N–H and O–H groups in total. The van der Waals surface area contributed by atoms with Crippen LogP contribution in [0.15, 0.2) is 0 Å². The maximum atomic E-state index is 11.5. The van der Waals surface area contributed by atoms with Crippen LogP contribution >= 0.6 is 0 Å². The van der Waals surface area contributed by atoms with Gasteiger partial charge < -0.3 is 19.7 Å². The zero-order valence-corrected chi connectivity index (χ0v) is 10.3. The quantitative estimate of drug-likeness (QED) is 0.621. The van der Waals surface area contributed by atoms with Crippen LogP contribution < -0.4 is 4.74 Å². The normalized spacial score (nSPS) is 10.4. The Bertz CT molecular complexity index is 451.